The Morgan fingerprint density at radius 2 is 1.70 bits per heavy atom. The van der Waals surface area contributed by atoms with Gasteiger partial charge in [-0.1, -0.05) is 55.7 Å². The fraction of sp³-hybridized carbons (Fsp3) is 0.333. The lowest BCUT2D eigenvalue weighted by atomic mass is 9.96. The summed E-state index contributed by atoms with van der Waals surface area (Å²) >= 11 is 0. The zero-order valence-electron chi connectivity index (χ0n) is 11.7. The topological polar surface area (TPSA) is 25.2 Å². The van der Waals surface area contributed by atoms with Crippen LogP contribution in [0.4, 0.5) is 0 Å². The molecule has 0 saturated heterocycles. The summed E-state index contributed by atoms with van der Waals surface area (Å²) in [5.41, 5.74) is 3.12. The van der Waals surface area contributed by atoms with Crippen LogP contribution >= 0.6 is 0 Å². The molecule has 1 aliphatic carbocycles. The van der Waals surface area contributed by atoms with Gasteiger partial charge in [0.25, 0.3) is 0 Å². The van der Waals surface area contributed by atoms with E-state index in [1.807, 2.05) is 36.5 Å². The first-order valence-corrected chi connectivity index (χ1v) is 7.47. The van der Waals surface area contributed by atoms with Crippen molar-refractivity contribution in [2.75, 3.05) is 0 Å². The van der Waals surface area contributed by atoms with E-state index in [9.17, 15) is 0 Å². The maximum absolute atomic E-state index is 4.70. The lowest BCUT2D eigenvalue weighted by Crippen LogP contribution is -2.09. The van der Waals surface area contributed by atoms with Crippen molar-refractivity contribution < 1.29 is 0 Å². The van der Waals surface area contributed by atoms with E-state index in [2.05, 4.69) is 23.2 Å². The Morgan fingerprint density at radius 1 is 0.900 bits per heavy atom. The molecule has 2 aromatic rings. The second-order valence-electron chi connectivity index (χ2n) is 5.38. The van der Waals surface area contributed by atoms with Crippen LogP contribution in [-0.2, 0) is 0 Å². The van der Waals surface area contributed by atoms with E-state index in [4.69, 9.17) is 4.99 Å². The monoisotopic (exact) mass is 264 g/mol. The van der Waals surface area contributed by atoms with Crippen molar-refractivity contribution in [2.24, 2.45) is 4.99 Å². The van der Waals surface area contributed by atoms with Gasteiger partial charge in [-0.25, -0.2) is 4.98 Å². The largest absolute Gasteiger partial charge is 0.288 e. The summed E-state index contributed by atoms with van der Waals surface area (Å²) in [5, 5.41) is 0. The Hall–Kier alpha value is -1.96. The lowest BCUT2D eigenvalue weighted by molar-refractivity contribution is 0.444. The zero-order valence-corrected chi connectivity index (χ0v) is 11.7. The van der Waals surface area contributed by atoms with Gasteiger partial charge in [0.2, 0.25) is 0 Å². The van der Waals surface area contributed by atoms with Gasteiger partial charge in [-0.05, 0) is 25.0 Å². The zero-order chi connectivity index (χ0) is 13.6. The summed E-state index contributed by atoms with van der Waals surface area (Å²) < 4.78 is 0. The Balaban J connectivity index is 1.76. The average molecular weight is 264 g/mol. The molecule has 0 aliphatic heterocycles. The van der Waals surface area contributed by atoms with Crippen LogP contribution in [0.2, 0.25) is 0 Å². The minimum Gasteiger partial charge on any atom is -0.288 e. The van der Waals surface area contributed by atoms with Crippen molar-refractivity contribution >= 4 is 6.21 Å². The predicted octanol–water partition coefficient (Wildman–Crippen LogP) is 4.50. The quantitative estimate of drug-likeness (QED) is 0.749. The van der Waals surface area contributed by atoms with Crippen LogP contribution in [0.1, 0.15) is 37.8 Å². The van der Waals surface area contributed by atoms with Crippen molar-refractivity contribution in [1.82, 2.24) is 4.98 Å². The number of hydrogen-bond acceptors (Lipinski definition) is 2. The van der Waals surface area contributed by atoms with Gasteiger partial charge >= 0.3 is 0 Å². The molecule has 2 nitrogen and oxygen atoms in total. The highest BCUT2D eigenvalue weighted by Gasteiger charge is 2.10. The molecule has 0 bridgehead atoms. The van der Waals surface area contributed by atoms with Crippen LogP contribution in [0.5, 0.6) is 0 Å². The van der Waals surface area contributed by atoms with Gasteiger partial charge < -0.3 is 0 Å². The number of benzene rings is 1. The molecule has 102 valence electrons. The van der Waals surface area contributed by atoms with Crippen LogP contribution in [0.15, 0.2) is 53.5 Å². The molecule has 1 aromatic heterocycles. The normalized spacial score (nSPS) is 16.6. The Bertz CT molecular complexity index is 569. The number of aliphatic imine (C=N–C) groups is 1. The highest BCUT2D eigenvalue weighted by atomic mass is 14.8. The Morgan fingerprint density at radius 3 is 2.50 bits per heavy atom. The number of pyridine rings is 1. The molecule has 1 aliphatic rings. The summed E-state index contributed by atoms with van der Waals surface area (Å²) in [7, 11) is 0. The maximum Gasteiger partial charge on any atom is 0.0815 e. The molecule has 3 rings (SSSR count). The number of hydrogen-bond donors (Lipinski definition) is 0. The van der Waals surface area contributed by atoms with Gasteiger partial charge in [0.05, 0.1) is 17.4 Å². The SMILES string of the molecule is C(=N\C1CCCCC1)/c1cccc(-c2ccccc2)n1. The van der Waals surface area contributed by atoms with Gasteiger partial charge in [0, 0.05) is 11.8 Å². The third-order valence-electron chi connectivity index (χ3n) is 3.83. The number of nitrogens with zero attached hydrogens (tertiary/aromatic N) is 2. The fourth-order valence-corrected chi connectivity index (χ4v) is 2.70. The highest BCUT2D eigenvalue weighted by Crippen LogP contribution is 2.20. The molecule has 0 amide bonds. The van der Waals surface area contributed by atoms with Crippen molar-refractivity contribution in [3.05, 3.63) is 54.2 Å². The first kappa shape index (κ1) is 13.0. The molecule has 1 heterocycles. The summed E-state index contributed by atoms with van der Waals surface area (Å²) in [6.07, 6.45) is 8.42. The summed E-state index contributed by atoms with van der Waals surface area (Å²) in [4.78, 5) is 9.38. The van der Waals surface area contributed by atoms with Crippen molar-refractivity contribution in [2.45, 2.75) is 38.1 Å². The molecule has 0 unspecified atom stereocenters. The van der Waals surface area contributed by atoms with Gasteiger partial charge in [0.1, 0.15) is 0 Å². The van der Waals surface area contributed by atoms with E-state index in [-0.39, 0.29) is 0 Å². The molecule has 0 spiro atoms. The minimum atomic E-state index is 0.505. The Labute approximate surface area is 120 Å². The lowest BCUT2D eigenvalue weighted by Gasteiger charge is -2.16. The summed E-state index contributed by atoms with van der Waals surface area (Å²) in [6, 6.07) is 16.9. The second kappa shape index (κ2) is 6.47. The molecule has 0 N–H and O–H groups in total. The van der Waals surface area contributed by atoms with Crippen molar-refractivity contribution in [3.8, 4) is 11.3 Å². The van der Waals surface area contributed by atoms with Crippen LogP contribution in [0.25, 0.3) is 11.3 Å². The van der Waals surface area contributed by atoms with Crippen molar-refractivity contribution in [1.29, 1.82) is 0 Å². The minimum absolute atomic E-state index is 0.505. The molecular formula is C18H20N2. The van der Waals surface area contributed by atoms with Gasteiger partial charge in [-0.3, -0.25) is 4.99 Å². The first-order valence-electron chi connectivity index (χ1n) is 7.47. The molecular weight excluding hydrogens is 244 g/mol. The molecule has 0 radical (unpaired) electrons. The first-order chi connectivity index (χ1) is 9.92. The molecule has 2 heteroatoms. The van der Waals surface area contributed by atoms with E-state index in [1.54, 1.807) is 0 Å². The van der Waals surface area contributed by atoms with Crippen LogP contribution in [0.3, 0.4) is 0 Å². The van der Waals surface area contributed by atoms with Crippen LogP contribution in [0, 0.1) is 0 Å². The number of aromatic nitrogens is 1. The van der Waals surface area contributed by atoms with E-state index < -0.39 is 0 Å². The molecule has 1 aromatic carbocycles. The molecule has 20 heavy (non-hydrogen) atoms. The van der Waals surface area contributed by atoms with Crippen LogP contribution in [-0.4, -0.2) is 17.2 Å². The fourth-order valence-electron chi connectivity index (χ4n) is 2.70. The summed E-state index contributed by atoms with van der Waals surface area (Å²) in [5.74, 6) is 0. The van der Waals surface area contributed by atoms with E-state index >= 15 is 0 Å². The molecule has 0 atom stereocenters. The van der Waals surface area contributed by atoms with Gasteiger partial charge in [-0.15, -0.1) is 0 Å². The molecule has 1 fully saturated rings. The summed E-state index contributed by atoms with van der Waals surface area (Å²) in [6.45, 7) is 0. The third kappa shape index (κ3) is 3.32. The van der Waals surface area contributed by atoms with E-state index in [0.29, 0.717) is 6.04 Å². The van der Waals surface area contributed by atoms with Crippen LogP contribution < -0.4 is 0 Å². The third-order valence-corrected chi connectivity index (χ3v) is 3.83. The Kier molecular flexibility index (Phi) is 4.22. The predicted molar refractivity (Wildman–Crippen MR) is 84.1 cm³/mol. The smallest absolute Gasteiger partial charge is 0.0815 e. The highest BCUT2D eigenvalue weighted by molar-refractivity contribution is 5.78. The van der Waals surface area contributed by atoms with E-state index in [0.717, 1.165) is 17.0 Å². The number of rotatable bonds is 3. The van der Waals surface area contributed by atoms with Gasteiger partial charge in [0.15, 0.2) is 0 Å². The second-order valence-corrected chi connectivity index (χ2v) is 5.38. The average Bonchev–Trinajstić information content (AvgIpc) is 2.55. The van der Waals surface area contributed by atoms with E-state index in [1.165, 1.54) is 32.1 Å². The maximum atomic E-state index is 4.70. The van der Waals surface area contributed by atoms with Crippen molar-refractivity contribution in [3.63, 3.8) is 0 Å². The van der Waals surface area contributed by atoms with Gasteiger partial charge in [-0.2, -0.15) is 0 Å². The molecule has 1 saturated carbocycles. The standard InChI is InChI=1S/C18H20N2/c1-3-8-15(9-4-1)18-13-7-12-17(20-18)14-19-16-10-5-2-6-11-16/h1,3-4,7-9,12-14,16H,2,5-6,10-11H2/b19-14+.